The highest BCUT2D eigenvalue weighted by Crippen LogP contribution is 2.22. The number of rotatable bonds is 4. The topological polar surface area (TPSA) is 42.0 Å². The molecule has 0 bridgehead atoms. The molecule has 0 aromatic carbocycles. The van der Waals surface area contributed by atoms with E-state index in [1.807, 2.05) is 0 Å². The van der Waals surface area contributed by atoms with E-state index in [0.29, 0.717) is 28.2 Å². The van der Waals surface area contributed by atoms with Crippen LogP contribution in [0, 0.1) is 0 Å². The van der Waals surface area contributed by atoms with Gasteiger partial charge in [-0.3, -0.25) is 4.79 Å². The van der Waals surface area contributed by atoms with Gasteiger partial charge in [-0.25, -0.2) is 4.98 Å². The molecule has 1 aromatic heterocycles. The fourth-order valence-corrected chi connectivity index (χ4v) is 1.40. The molecule has 0 saturated heterocycles. The Hall–Kier alpha value is -0.870. The summed E-state index contributed by atoms with van der Waals surface area (Å²) in [5.74, 6) is -0.0640. The maximum Gasteiger partial charge on any atom is 0.224 e. The first-order chi connectivity index (χ1) is 7.13. The van der Waals surface area contributed by atoms with Crippen molar-refractivity contribution in [2.24, 2.45) is 0 Å². The highest BCUT2D eigenvalue weighted by molar-refractivity contribution is 9.10. The number of carbonyl (C=O) groups is 1. The standard InChI is InChI=1S/C10H10BrClN2O/c1-2-3-4-9(15)14-7-5-8(11)10(12)13-6-7/h2,5-6H,1,3-4H2,(H,14,15). The van der Waals surface area contributed by atoms with E-state index in [0.717, 1.165) is 0 Å². The zero-order valence-corrected chi connectivity index (χ0v) is 10.3. The Kier molecular flexibility index (Phi) is 4.78. The maximum absolute atomic E-state index is 11.3. The monoisotopic (exact) mass is 288 g/mol. The summed E-state index contributed by atoms with van der Waals surface area (Å²) in [7, 11) is 0. The van der Waals surface area contributed by atoms with Crippen LogP contribution in [0.3, 0.4) is 0 Å². The lowest BCUT2D eigenvalue weighted by Gasteiger charge is -2.04. The smallest absolute Gasteiger partial charge is 0.224 e. The van der Waals surface area contributed by atoms with Crippen LogP contribution in [-0.4, -0.2) is 10.9 Å². The minimum Gasteiger partial charge on any atom is -0.325 e. The Bertz CT molecular complexity index is 382. The summed E-state index contributed by atoms with van der Waals surface area (Å²) < 4.78 is 0.658. The molecule has 3 nitrogen and oxygen atoms in total. The third-order valence-electron chi connectivity index (χ3n) is 1.66. The lowest BCUT2D eigenvalue weighted by molar-refractivity contribution is -0.116. The summed E-state index contributed by atoms with van der Waals surface area (Å²) in [6.45, 7) is 3.55. The van der Waals surface area contributed by atoms with Crippen LogP contribution in [0.4, 0.5) is 5.69 Å². The summed E-state index contributed by atoms with van der Waals surface area (Å²) in [5, 5.41) is 3.08. The van der Waals surface area contributed by atoms with Crippen molar-refractivity contribution in [2.75, 3.05) is 5.32 Å². The van der Waals surface area contributed by atoms with Crippen LogP contribution in [0.1, 0.15) is 12.8 Å². The van der Waals surface area contributed by atoms with Crippen LogP contribution in [0.2, 0.25) is 5.15 Å². The number of nitrogens with one attached hydrogen (secondary N) is 1. The number of aromatic nitrogens is 1. The molecule has 0 aliphatic rings. The zero-order valence-electron chi connectivity index (χ0n) is 7.96. The van der Waals surface area contributed by atoms with Crippen LogP contribution in [-0.2, 0) is 4.79 Å². The second kappa shape index (κ2) is 5.88. The third kappa shape index (κ3) is 4.01. The largest absolute Gasteiger partial charge is 0.325 e. The number of hydrogen-bond donors (Lipinski definition) is 1. The summed E-state index contributed by atoms with van der Waals surface area (Å²) in [6, 6.07) is 1.71. The van der Waals surface area contributed by atoms with Crippen molar-refractivity contribution < 1.29 is 4.79 Å². The van der Waals surface area contributed by atoms with Gasteiger partial charge in [-0.1, -0.05) is 17.7 Å². The second-order valence-electron chi connectivity index (χ2n) is 2.87. The first-order valence-corrected chi connectivity index (χ1v) is 5.52. The van der Waals surface area contributed by atoms with Crippen LogP contribution in [0.25, 0.3) is 0 Å². The molecule has 0 fully saturated rings. The summed E-state index contributed by atoms with van der Waals surface area (Å²) >= 11 is 8.94. The summed E-state index contributed by atoms with van der Waals surface area (Å²) in [5.41, 5.74) is 0.625. The Morgan fingerprint density at radius 1 is 1.73 bits per heavy atom. The van der Waals surface area contributed by atoms with Gasteiger partial charge in [0.05, 0.1) is 16.4 Å². The van der Waals surface area contributed by atoms with Crippen LogP contribution in [0.15, 0.2) is 29.4 Å². The molecule has 0 saturated carbocycles. The van der Waals surface area contributed by atoms with Crippen molar-refractivity contribution in [3.8, 4) is 0 Å². The van der Waals surface area contributed by atoms with Gasteiger partial charge in [0.2, 0.25) is 5.91 Å². The van der Waals surface area contributed by atoms with Gasteiger partial charge in [-0.15, -0.1) is 6.58 Å². The van der Waals surface area contributed by atoms with Gasteiger partial charge in [0, 0.05) is 6.42 Å². The summed E-state index contributed by atoms with van der Waals surface area (Å²) in [6.07, 6.45) is 4.30. The average Bonchev–Trinajstić information content (AvgIpc) is 2.20. The van der Waals surface area contributed by atoms with Crippen LogP contribution >= 0.6 is 27.5 Å². The molecule has 0 unspecified atom stereocenters. The normalized spacial score (nSPS) is 9.73. The lowest BCUT2D eigenvalue weighted by atomic mass is 10.3. The minimum absolute atomic E-state index is 0.0640. The van der Waals surface area contributed by atoms with Gasteiger partial charge >= 0.3 is 0 Å². The molecular weight excluding hydrogens is 279 g/mol. The molecule has 5 heteroatoms. The van der Waals surface area contributed by atoms with Crippen molar-refractivity contribution in [3.63, 3.8) is 0 Å². The Labute approximate surface area is 102 Å². The number of allylic oxidation sites excluding steroid dienone is 1. The lowest BCUT2D eigenvalue weighted by Crippen LogP contribution is -2.10. The maximum atomic E-state index is 11.3. The molecule has 0 spiro atoms. The quantitative estimate of drug-likeness (QED) is 0.682. The molecule has 0 radical (unpaired) electrons. The van der Waals surface area contributed by atoms with E-state index in [2.05, 4.69) is 32.8 Å². The van der Waals surface area contributed by atoms with E-state index in [1.54, 1.807) is 12.1 Å². The zero-order chi connectivity index (χ0) is 11.3. The van der Waals surface area contributed by atoms with Crippen molar-refractivity contribution in [3.05, 3.63) is 34.5 Å². The number of nitrogens with zero attached hydrogens (tertiary/aromatic N) is 1. The highest BCUT2D eigenvalue weighted by atomic mass is 79.9. The third-order valence-corrected chi connectivity index (χ3v) is 2.79. The minimum atomic E-state index is -0.0640. The van der Waals surface area contributed by atoms with E-state index in [4.69, 9.17) is 11.6 Å². The molecule has 1 N–H and O–H groups in total. The van der Waals surface area contributed by atoms with Gasteiger partial charge < -0.3 is 5.32 Å². The van der Waals surface area contributed by atoms with E-state index in [9.17, 15) is 4.79 Å². The molecular formula is C10H10BrClN2O. The van der Waals surface area contributed by atoms with Gasteiger partial charge in [0.1, 0.15) is 5.15 Å². The second-order valence-corrected chi connectivity index (χ2v) is 4.08. The van der Waals surface area contributed by atoms with Crippen molar-refractivity contribution in [1.82, 2.24) is 4.98 Å². The molecule has 0 atom stereocenters. The molecule has 0 aliphatic carbocycles. The van der Waals surface area contributed by atoms with E-state index in [-0.39, 0.29) is 5.91 Å². The van der Waals surface area contributed by atoms with Crippen LogP contribution in [0.5, 0.6) is 0 Å². The van der Waals surface area contributed by atoms with Gasteiger partial charge in [0.25, 0.3) is 0 Å². The number of pyridine rings is 1. The molecule has 1 aromatic rings. The van der Waals surface area contributed by atoms with E-state index in [1.165, 1.54) is 6.20 Å². The van der Waals surface area contributed by atoms with Gasteiger partial charge in [-0.05, 0) is 28.4 Å². The fourth-order valence-electron chi connectivity index (χ4n) is 0.946. The van der Waals surface area contributed by atoms with E-state index >= 15 is 0 Å². The highest BCUT2D eigenvalue weighted by Gasteiger charge is 2.04. The molecule has 0 aliphatic heterocycles. The van der Waals surface area contributed by atoms with Crippen molar-refractivity contribution in [2.45, 2.75) is 12.8 Å². The molecule has 80 valence electrons. The van der Waals surface area contributed by atoms with Crippen LogP contribution < -0.4 is 5.32 Å². The fraction of sp³-hybridized carbons (Fsp3) is 0.200. The van der Waals surface area contributed by atoms with Gasteiger partial charge in [0.15, 0.2) is 0 Å². The Balaban J connectivity index is 2.60. The molecule has 1 amide bonds. The van der Waals surface area contributed by atoms with E-state index < -0.39 is 0 Å². The van der Waals surface area contributed by atoms with Crippen molar-refractivity contribution >= 4 is 39.1 Å². The molecule has 1 heterocycles. The average molecular weight is 290 g/mol. The number of halogens is 2. The molecule has 1 rings (SSSR count). The SMILES string of the molecule is C=CCCC(=O)Nc1cnc(Cl)c(Br)c1. The number of carbonyl (C=O) groups excluding carboxylic acids is 1. The predicted molar refractivity (Wildman–Crippen MR) is 65.0 cm³/mol. The summed E-state index contributed by atoms with van der Waals surface area (Å²) in [4.78, 5) is 15.2. The number of amides is 1. The Morgan fingerprint density at radius 3 is 3.07 bits per heavy atom. The number of hydrogen-bond acceptors (Lipinski definition) is 2. The first-order valence-electron chi connectivity index (χ1n) is 4.35. The Morgan fingerprint density at radius 2 is 2.47 bits per heavy atom. The number of anilines is 1. The predicted octanol–water partition coefficient (Wildman–Crippen LogP) is 3.40. The van der Waals surface area contributed by atoms with Gasteiger partial charge in [-0.2, -0.15) is 0 Å². The first kappa shape index (κ1) is 12.2. The molecule has 15 heavy (non-hydrogen) atoms. The van der Waals surface area contributed by atoms with Crippen molar-refractivity contribution in [1.29, 1.82) is 0 Å².